The number of carbonyl (C=O) groups excluding carboxylic acids is 2. The van der Waals surface area contributed by atoms with E-state index in [1.54, 1.807) is 20.2 Å². The number of aromatic nitrogens is 3. The Morgan fingerprint density at radius 3 is 2.62 bits per heavy atom. The van der Waals surface area contributed by atoms with Crippen LogP contribution in [0.25, 0.3) is 0 Å². The monoisotopic (exact) mass is 241 g/mol. The average molecular weight is 241 g/mol. The standard InChI is InChI=1S/C10H15N3O2S/c1-8(14)3-5-13-7-11-12-10(13)16-6-4-9(2)15/h7H,3-6H2,1-2H3. The largest absolute Gasteiger partial charge is 0.308 e. The number of hydrogen-bond donors (Lipinski definition) is 0. The molecule has 0 amide bonds. The summed E-state index contributed by atoms with van der Waals surface area (Å²) in [4.78, 5) is 21.6. The van der Waals surface area contributed by atoms with Crippen LogP contribution in [0, 0.1) is 0 Å². The highest BCUT2D eigenvalue weighted by atomic mass is 32.2. The van der Waals surface area contributed by atoms with Crippen LogP contribution >= 0.6 is 11.8 Å². The summed E-state index contributed by atoms with van der Waals surface area (Å²) in [5.41, 5.74) is 0. The molecule has 16 heavy (non-hydrogen) atoms. The number of thioether (sulfide) groups is 1. The summed E-state index contributed by atoms with van der Waals surface area (Å²) in [6.07, 6.45) is 2.63. The summed E-state index contributed by atoms with van der Waals surface area (Å²) < 4.78 is 1.84. The fraction of sp³-hybridized carbons (Fsp3) is 0.600. The molecular formula is C10H15N3O2S. The lowest BCUT2D eigenvalue weighted by atomic mass is 10.3. The Balaban J connectivity index is 2.43. The predicted octanol–water partition coefficient (Wildman–Crippen LogP) is 1.33. The van der Waals surface area contributed by atoms with E-state index in [2.05, 4.69) is 10.2 Å². The van der Waals surface area contributed by atoms with Crippen molar-refractivity contribution in [3.05, 3.63) is 6.33 Å². The van der Waals surface area contributed by atoms with Crippen molar-refractivity contribution in [2.45, 2.75) is 38.4 Å². The van der Waals surface area contributed by atoms with Gasteiger partial charge in [0.2, 0.25) is 0 Å². The first-order valence-electron chi connectivity index (χ1n) is 5.09. The van der Waals surface area contributed by atoms with E-state index in [0.717, 1.165) is 5.16 Å². The fourth-order valence-electron chi connectivity index (χ4n) is 1.07. The molecule has 1 heterocycles. The van der Waals surface area contributed by atoms with Crippen molar-refractivity contribution in [2.24, 2.45) is 0 Å². The number of hydrogen-bond acceptors (Lipinski definition) is 5. The van der Waals surface area contributed by atoms with Gasteiger partial charge in [-0.15, -0.1) is 10.2 Å². The van der Waals surface area contributed by atoms with Gasteiger partial charge in [0.15, 0.2) is 5.16 Å². The van der Waals surface area contributed by atoms with Crippen molar-refractivity contribution in [3.8, 4) is 0 Å². The molecule has 0 radical (unpaired) electrons. The molecule has 0 aliphatic carbocycles. The van der Waals surface area contributed by atoms with Crippen LogP contribution in [0.4, 0.5) is 0 Å². The second kappa shape index (κ2) is 6.42. The molecule has 5 nitrogen and oxygen atoms in total. The third-order valence-corrected chi connectivity index (χ3v) is 2.95. The van der Waals surface area contributed by atoms with Crippen LogP contribution in [0.5, 0.6) is 0 Å². The van der Waals surface area contributed by atoms with E-state index < -0.39 is 0 Å². The van der Waals surface area contributed by atoms with Gasteiger partial charge in [-0.25, -0.2) is 0 Å². The second-order valence-electron chi connectivity index (χ2n) is 3.56. The summed E-state index contributed by atoms with van der Waals surface area (Å²) >= 11 is 1.49. The lowest BCUT2D eigenvalue weighted by Gasteiger charge is -2.03. The fourth-order valence-corrected chi connectivity index (χ4v) is 2.05. The van der Waals surface area contributed by atoms with Crippen molar-refractivity contribution >= 4 is 23.3 Å². The molecule has 1 aromatic rings. The SMILES string of the molecule is CC(=O)CCSc1nncn1CCC(C)=O. The van der Waals surface area contributed by atoms with Gasteiger partial charge in [0.1, 0.15) is 17.9 Å². The van der Waals surface area contributed by atoms with E-state index in [1.165, 1.54) is 11.8 Å². The maximum absolute atomic E-state index is 10.8. The number of rotatable bonds is 7. The van der Waals surface area contributed by atoms with Crippen molar-refractivity contribution in [1.29, 1.82) is 0 Å². The Hall–Kier alpha value is -1.17. The molecule has 0 fully saturated rings. The minimum absolute atomic E-state index is 0.147. The minimum Gasteiger partial charge on any atom is -0.308 e. The number of nitrogens with zero attached hydrogens (tertiary/aromatic N) is 3. The number of Topliss-reactive ketones (excluding diaryl/α,β-unsaturated/α-hetero) is 2. The Kier molecular flexibility index (Phi) is 5.18. The van der Waals surface area contributed by atoms with E-state index in [4.69, 9.17) is 0 Å². The van der Waals surface area contributed by atoms with Gasteiger partial charge in [-0.3, -0.25) is 9.59 Å². The van der Waals surface area contributed by atoms with Crippen LogP contribution in [-0.2, 0) is 16.1 Å². The van der Waals surface area contributed by atoms with E-state index in [-0.39, 0.29) is 11.6 Å². The summed E-state index contributed by atoms with van der Waals surface area (Å²) in [7, 11) is 0. The maximum atomic E-state index is 10.8. The highest BCUT2D eigenvalue weighted by Crippen LogP contribution is 2.16. The summed E-state index contributed by atoms with van der Waals surface area (Å²) in [6.45, 7) is 3.73. The molecule has 0 N–H and O–H groups in total. The van der Waals surface area contributed by atoms with E-state index in [0.29, 0.717) is 25.1 Å². The van der Waals surface area contributed by atoms with Crippen LogP contribution < -0.4 is 0 Å². The number of aryl methyl sites for hydroxylation is 1. The highest BCUT2D eigenvalue weighted by molar-refractivity contribution is 7.99. The van der Waals surface area contributed by atoms with Gasteiger partial charge >= 0.3 is 0 Å². The zero-order valence-electron chi connectivity index (χ0n) is 9.47. The van der Waals surface area contributed by atoms with Gasteiger partial charge < -0.3 is 4.57 Å². The highest BCUT2D eigenvalue weighted by Gasteiger charge is 2.06. The van der Waals surface area contributed by atoms with Crippen LogP contribution in [0.2, 0.25) is 0 Å². The number of carbonyl (C=O) groups is 2. The van der Waals surface area contributed by atoms with E-state index in [1.807, 2.05) is 4.57 Å². The van der Waals surface area contributed by atoms with Crippen LogP contribution in [0.3, 0.4) is 0 Å². The second-order valence-corrected chi connectivity index (χ2v) is 4.62. The van der Waals surface area contributed by atoms with Crippen LogP contribution in [0.1, 0.15) is 26.7 Å². The molecule has 0 saturated heterocycles. The first-order valence-corrected chi connectivity index (χ1v) is 6.07. The summed E-state index contributed by atoms with van der Waals surface area (Å²) in [5.74, 6) is 1.02. The molecule has 0 saturated carbocycles. The Labute approximate surface area is 98.6 Å². The zero-order chi connectivity index (χ0) is 12.0. The molecule has 6 heteroatoms. The molecular weight excluding hydrogens is 226 g/mol. The van der Waals surface area contributed by atoms with E-state index >= 15 is 0 Å². The summed E-state index contributed by atoms with van der Waals surface area (Å²) in [5, 5.41) is 8.50. The van der Waals surface area contributed by atoms with Crippen LogP contribution in [0.15, 0.2) is 11.5 Å². The average Bonchev–Trinajstić information content (AvgIpc) is 2.62. The van der Waals surface area contributed by atoms with Gasteiger partial charge in [-0.05, 0) is 13.8 Å². The molecule has 0 aliphatic heterocycles. The van der Waals surface area contributed by atoms with Crippen molar-refractivity contribution in [2.75, 3.05) is 5.75 Å². The lowest BCUT2D eigenvalue weighted by Crippen LogP contribution is -2.03. The Morgan fingerprint density at radius 2 is 2.00 bits per heavy atom. The number of ketones is 2. The third kappa shape index (κ3) is 4.57. The third-order valence-electron chi connectivity index (χ3n) is 1.97. The van der Waals surface area contributed by atoms with E-state index in [9.17, 15) is 9.59 Å². The van der Waals surface area contributed by atoms with Crippen molar-refractivity contribution in [3.63, 3.8) is 0 Å². The first-order chi connectivity index (χ1) is 7.59. The molecule has 0 aromatic carbocycles. The van der Waals surface area contributed by atoms with Gasteiger partial charge in [0, 0.05) is 25.1 Å². The van der Waals surface area contributed by atoms with Gasteiger partial charge in [0.25, 0.3) is 0 Å². The molecule has 0 bridgehead atoms. The molecule has 1 rings (SSSR count). The topological polar surface area (TPSA) is 64.8 Å². The maximum Gasteiger partial charge on any atom is 0.191 e. The Morgan fingerprint density at radius 1 is 1.31 bits per heavy atom. The molecule has 0 atom stereocenters. The normalized spacial score (nSPS) is 10.4. The molecule has 0 unspecified atom stereocenters. The zero-order valence-corrected chi connectivity index (χ0v) is 10.3. The molecule has 88 valence electrons. The van der Waals surface area contributed by atoms with Crippen LogP contribution in [-0.4, -0.2) is 32.1 Å². The minimum atomic E-state index is 0.147. The quantitative estimate of drug-likeness (QED) is 0.674. The first kappa shape index (κ1) is 12.9. The van der Waals surface area contributed by atoms with Crippen molar-refractivity contribution in [1.82, 2.24) is 14.8 Å². The van der Waals surface area contributed by atoms with Gasteiger partial charge in [-0.1, -0.05) is 11.8 Å². The summed E-state index contributed by atoms with van der Waals surface area (Å²) in [6, 6.07) is 0. The Bertz CT molecular complexity index is 376. The molecule has 0 spiro atoms. The smallest absolute Gasteiger partial charge is 0.191 e. The van der Waals surface area contributed by atoms with Crippen molar-refractivity contribution < 1.29 is 9.59 Å². The predicted molar refractivity (Wildman–Crippen MR) is 61.3 cm³/mol. The lowest BCUT2D eigenvalue weighted by molar-refractivity contribution is -0.117. The molecule has 1 aromatic heterocycles. The molecule has 0 aliphatic rings. The van der Waals surface area contributed by atoms with Gasteiger partial charge in [0.05, 0.1) is 0 Å². The van der Waals surface area contributed by atoms with Gasteiger partial charge in [-0.2, -0.15) is 0 Å².